The molecule has 0 spiro atoms. The molecule has 7 heteroatoms. The first-order valence-electron chi connectivity index (χ1n) is 5.53. The summed E-state index contributed by atoms with van der Waals surface area (Å²) in [7, 11) is 1.56. The van der Waals surface area contributed by atoms with E-state index in [9.17, 15) is 10.2 Å². The summed E-state index contributed by atoms with van der Waals surface area (Å²) in [5, 5.41) is 35.2. The molecule has 1 aromatic carbocycles. The Balaban J connectivity index is 2.29. The van der Waals surface area contributed by atoms with E-state index in [2.05, 4.69) is 15.2 Å². The van der Waals surface area contributed by atoms with Gasteiger partial charge < -0.3 is 14.9 Å². The Morgan fingerprint density at radius 2 is 1.85 bits per heavy atom. The predicted octanol–water partition coefficient (Wildman–Crippen LogP) is 2.79. The van der Waals surface area contributed by atoms with E-state index in [1.165, 1.54) is 6.07 Å². The van der Waals surface area contributed by atoms with Crippen LogP contribution in [0.5, 0.6) is 17.5 Å². The fourth-order valence-corrected chi connectivity index (χ4v) is 1.40. The van der Waals surface area contributed by atoms with Crippen LogP contribution in [0.25, 0.3) is 0 Å². The van der Waals surface area contributed by atoms with Crippen molar-refractivity contribution in [1.29, 1.82) is 5.26 Å². The maximum atomic E-state index is 9.52. The molecule has 100 valence electrons. The zero-order valence-electron chi connectivity index (χ0n) is 10.5. The van der Waals surface area contributed by atoms with Gasteiger partial charge in [0.05, 0.1) is 12.8 Å². The molecule has 0 bridgehead atoms. The van der Waals surface area contributed by atoms with E-state index in [1.807, 2.05) is 0 Å². The molecule has 0 saturated carbocycles. The van der Waals surface area contributed by atoms with Gasteiger partial charge in [-0.1, -0.05) is 0 Å². The first kappa shape index (κ1) is 13.3. The van der Waals surface area contributed by atoms with E-state index in [1.54, 1.807) is 37.4 Å². The molecule has 0 amide bonds. The molecule has 0 radical (unpaired) electrons. The molecule has 0 aliphatic carbocycles. The van der Waals surface area contributed by atoms with Gasteiger partial charge in [0.2, 0.25) is 11.8 Å². The minimum atomic E-state index is -0.548. The van der Waals surface area contributed by atoms with Crippen LogP contribution in [0.1, 0.15) is 5.56 Å². The minimum Gasteiger partial charge on any atom is -0.497 e. The second kappa shape index (κ2) is 5.67. The Morgan fingerprint density at radius 1 is 1.15 bits per heavy atom. The highest BCUT2D eigenvalue weighted by molar-refractivity contribution is 5.55. The van der Waals surface area contributed by atoms with Gasteiger partial charge in [0, 0.05) is 0 Å². The standard InChI is InChI=1S/C13H10N4O3/c1-20-10-4-2-9(3-5-10)16-17-11-6-8(7-14)12(18)15-13(11)19/h2-6H,1H3,(H2,15,18,19)/b17-16+. The van der Waals surface area contributed by atoms with E-state index in [0.29, 0.717) is 11.4 Å². The third-order valence-electron chi connectivity index (χ3n) is 2.43. The van der Waals surface area contributed by atoms with Crippen LogP contribution < -0.4 is 4.74 Å². The lowest BCUT2D eigenvalue weighted by atomic mass is 10.2. The summed E-state index contributed by atoms with van der Waals surface area (Å²) >= 11 is 0. The number of aromatic hydroxyl groups is 2. The lowest BCUT2D eigenvalue weighted by Gasteiger charge is -2.00. The van der Waals surface area contributed by atoms with E-state index in [0.717, 1.165) is 0 Å². The molecule has 2 aromatic rings. The van der Waals surface area contributed by atoms with Gasteiger partial charge in [0.1, 0.15) is 23.1 Å². The van der Waals surface area contributed by atoms with Crippen molar-refractivity contribution < 1.29 is 14.9 Å². The van der Waals surface area contributed by atoms with Gasteiger partial charge >= 0.3 is 0 Å². The summed E-state index contributed by atoms with van der Waals surface area (Å²) in [4.78, 5) is 3.40. The molecule has 0 unspecified atom stereocenters. The molecule has 2 rings (SSSR count). The summed E-state index contributed by atoms with van der Waals surface area (Å²) < 4.78 is 5.01. The van der Waals surface area contributed by atoms with Crippen LogP contribution in [-0.4, -0.2) is 22.3 Å². The van der Waals surface area contributed by atoms with E-state index >= 15 is 0 Å². The van der Waals surface area contributed by atoms with Gasteiger partial charge in [0.25, 0.3) is 0 Å². The van der Waals surface area contributed by atoms with Crippen molar-refractivity contribution in [2.45, 2.75) is 0 Å². The van der Waals surface area contributed by atoms with E-state index in [-0.39, 0.29) is 11.3 Å². The molecular weight excluding hydrogens is 260 g/mol. The maximum Gasteiger partial charge on any atom is 0.242 e. The molecule has 1 heterocycles. The van der Waals surface area contributed by atoms with Gasteiger partial charge in [-0.2, -0.15) is 15.4 Å². The van der Waals surface area contributed by atoms with Crippen LogP contribution in [0.2, 0.25) is 0 Å². The fraction of sp³-hybridized carbons (Fsp3) is 0.0769. The number of rotatable bonds is 3. The predicted molar refractivity (Wildman–Crippen MR) is 69.5 cm³/mol. The van der Waals surface area contributed by atoms with Crippen LogP contribution in [0.4, 0.5) is 11.4 Å². The quantitative estimate of drug-likeness (QED) is 0.833. The molecular formula is C13H10N4O3. The maximum absolute atomic E-state index is 9.52. The van der Waals surface area contributed by atoms with Crippen LogP contribution in [-0.2, 0) is 0 Å². The van der Waals surface area contributed by atoms with E-state index in [4.69, 9.17) is 10.00 Å². The number of hydrogen-bond donors (Lipinski definition) is 2. The van der Waals surface area contributed by atoms with Crippen molar-refractivity contribution in [3.05, 3.63) is 35.9 Å². The lowest BCUT2D eigenvalue weighted by Crippen LogP contribution is -1.82. The Kier molecular flexibility index (Phi) is 3.77. The first-order chi connectivity index (χ1) is 9.63. The molecule has 0 aliphatic rings. The van der Waals surface area contributed by atoms with Crippen molar-refractivity contribution in [2.24, 2.45) is 10.2 Å². The van der Waals surface area contributed by atoms with Gasteiger partial charge in [-0.05, 0) is 30.3 Å². The Morgan fingerprint density at radius 3 is 2.45 bits per heavy atom. The number of hydrogen-bond acceptors (Lipinski definition) is 7. The zero-order chi connectivity index (χ0) is 14.5. The molecule has 0 aliphatic heterocycles. The van der Waals surface area contributed by atoms with Gasteiger partial charge in [-0.3, -0.25) is 0 Å². The number of aromatic nitrogens is 1. The minimum absolute atomic E-state index is 0.00447. The average Bonchev–Trinajstić information content (AvgIpc) is 2.47. The Labute approximate surface area is 114 Å². The van der Waals surface area contributed by atoms with Gasteiger partial charge in [-0.25, -0.2) is 0 Å². The smallest absolute Gasteiger partial charge is 0.242 e. The number of azo groups is 1. The molecule has 1 aromatic heterocycles. The molecule has 20 heavy (non-hydrogen) atoms. The second-order valence-electron chi connectivity index (χ2n) is 3.71. The molecule has 0 fully saturated rings. The largest absolute Gasteiger partial charge is 0.497 e. The fourth-order valence-electron chi connectivity index (χ4n) is 1.40. The monoisotopic (exact) mass is 270 g/mol. The van der Waals surface area contributed by atoms with Crippen molar-refractivity contribution in [2.75, 3.05) is 7.11 Å². The van der Waals surface area contributed by atoms with Crippen LogP contribution >= 0.6 is 0 Å². The van der Waals surface area contributed by atoms with Crippen molar-refractivity contribution >= 4 is 11.4 Å². The van der Waals surface area contributed by atoms with Crippen LogP contribution in [0.3, 0.4) is 0 Å². The number of nitriles is 1. The Hall–Kier alpha value is -3.14. The number of pyridine rings is 1. The third-order valence-corrected chi connectivity index (χ3v) is 2.43. The van der Waals surface area contributed by atoms with Crippen LogP contribution in [0.15, 0.2) is 40.6 Å². The highest BCUT2D eigenvalue weighted by atomic mass is 16.5. The lowest BCUT2D eigenvalue weighted by molar-refractivity contribution is 0.413. The SMILES string of the molecule is COc1ccc(/N=N/c2cc(C#N)c(O)nc2O)cc1. The van der Waals surface area contributed by atoms with Gasteiger partial charge in [0.15, 0.2) is 0 Å². The van der Waals surface area contributed by atoms with Crippen LogP contribution in [0, 0.1) is 11.3 Å². The summed E-state index contributed by atoms with van der Waals surface area (Å²) in [6.45, 7) is 0. The van der Waals surface area contributed by atoms with Gasteiger partial charge in [-0.15, -0.1) is 5.11 Å². The average molecular weight is 270 g/mol. The highest BCUT2D eigenvalue weighted by Gasteiger charge is 2.09. The molecule has 0 saturated heterocycles. The number of methoxy groups -OCH3 is 1. The summed E-state index contributed by atoms with van der Waals surface area (Å²) in [5.74, 6) is -0.364. The van der Waals surface area contributed by atoms with Crippen molar-refractivity contribution in [3.8, 4) is 23.6 Å². The van der Waals surface area contributed by atoms with Crippen molar-refractivity contribution in [1.82, 2.24) is 4.98 Å². The van der Waals surface area contributed by atoms with E-state index < -0.39 is 11.8 Å². The molecule has 0 atom stereocenters. The third kappa shape index (κ3) is 2.81. The number of nitrogens with zero attached hydrogens (tertiary/aromatic N) is 4. The summed E-state index contributed by atoms with van der Waals surface area (Å²) in [5.41, 5.74) is 0.443. The van der Waals surface area contributed by atoms with Crippen molar-refractivity contribution in [3.63, 3.8) is 0 Å². The summed E-state index contributed by atoms with van der Waals surface area (Å²) in [6, 6.07) is 9.72. The Bertz CT molecular complexity index is 690. The second-order valence-corrected chi connectivity index (χ2v) is 3.71. The molecule has 2 N–H and O–H groups in total. The number of ether oxygens (including phenoxy) is 1. The first-order valence-corrected chi connectivity index (χ1v) is 5.53. The highest BCUT2D eigenvalue weighted by Crippen LogP contribution is 2.31. The zero-order valence-corrected chi connectivity index (χ0v) is 10.5. The molecule has 7 nitrogen and oxygen atoms in total. The summed E-state index contributed by atoms with van der Waals surface area (Å²) in [6.07, 6.45) is 0. The topological polar surface area (TPSA) is 111 Å². The number of benzene rings is 1. The normalized spacial score (nSPS) is 10.4.